The Balaban J connectivity index is 1.81. The second kappa shape index (κ2) is 7.21. The lowest BCUT2D eigenvalue weighted by Gasteiger charge is -2.09. The van der Waals surface area contributed by atoms with E-state index in [0.717, 1.165) is 28.8 Å². The molecule has 126 valence electrons. The molecule has 0 aliphatic rings. The van der Waals surface area contributed by atoms with E-state index in [1.807, 2.05) is 6.92 Å². The maximum absolute atomic E-state index is 12.3. The summed E-state index contributed by atoms with van der Waals surface area (Å²) >= 11 is 0. The summed E-state index contributed by atoms with van der Waals surface area (Å²) in [5.74, 6) is 0.209. The molecule has 0 aliphatic heterocycles. The molecule has 1 N–H and O–H groups in total. The Morgan fingerprint density at radius 1 is 1.04 bits per heavy atom. The van der Waals surface area contributed by atoms with Gasteiger partial charge in [-0.25, -0.2) is 4.98 Å². The highest BCUT2D eigenvalue weighted by atomic mass is 16.1. The maximum Gasteiger partial charge on any atom is 0.257 e. The second-order valence-corrected chi connectivity index (χ2v) is 5.93. The number of carbonyl (C=O) groups is 1. The van der Waals surface area contributed by atoms with Crippen LogP contribution in [-0.4, -0.2) is 20.9 Å². The van der Waals surface area contributed by atoms with Crippen LogP contribution in [-0.2, 0) is 6.42 Å². The topological polar surface area (TPSA) is 67.8 Å². The molecule has 0 radical (unpaired) electrons. The highest BCUT2D eigenvalue weighted by molar-refractivity contribution is 6.04. The van der Waals surface area contributed by atoms with Crippen molar-refractivity contribution in [1.29, 1.82) is 0 Å². The largest absolute Gasteiger partial charge is 0.305 e. The first-order valence-electron chi connectivity index (χ1n) is 8.22. The summed E-state index contributed by atoms with van der Waals surface area (Å²) in [7, 11) is 0. The van der Waals surface area contributed by atoms with E-state index in [1.54, 1.807) is 30.9 Å². The molecule has 2 aromatic heterocycles. The van der Waals surface area contributed by atoms with Crippen molar-refractivity contribution < 1.29 is 4.79 Å². The van der Waals surface area contributed by atoms with Gasteiger partial charge < -0.3 is 5.32 Å². The highest BCUT2D eigenvalue weighted by Gasteiger charge is 2.11. The van der Waals surface area contributed by atoms with E-state index in [2.05, 4.69) is 52.3 Å². The van der Waals surface area contributed by atoms with E-state index in [1.165, 1.54) is 5.56 Å². The first-order chi connectivity index (χ1) is 12.1. The van der Waals surface area contributed by atoms with Gasteiger partial charge in [0.05, 0.1) is 18.1 Å². The van der Waals surface area contributed by atoms with Crippen LogP contribution in [0.15, 0.2) is 49.1 Å². The zero-order valence-electron chi connectivity index (χ0n) is 14.6. The molecular weight excluding hydrogens is 312 g/mol. The minimum Gasteiger partial charge on any atom is -0.305 e. The Bertz CT molecular complexity index is 904. The molecule has 0 aliphatic carbocycles. The number of aryl methyl sites for hydroxylation is 3. The Hall–Kier alpha value is -3.08. The van der Waals surface area contributed by atoms with Gasteiger partial charge in [-0.05, 0) is 49.1 Å². The Kier molecular flexibility index (Phi) is 4.84. The zero-order chi connectivity index (χ0) is 17.8. The van der Waals surface area contributed by atoms with Gasteiger partial charge in [0.25, 0.3) is 5.91 Å². The maximum atomic E-state index is 12.3. The lowest BCUT2D eigenvalue weighted by Crippen LogP contribution is -2.14. The smallest absolute Gasteiger partial charge is 0.257 e. The first-order valence-corrected chi connectivity index (χ1v) is 8.22. The van der Waals surface area contributed by atoms with E-state index in [9.17, 15) is 4.79 Å². The third-order valence-corrected chi connectivity index (χ3v) is 4.14. The predicted octanol–water partition coefficient (Wildman–Crippen LogP) is 3.97. The fourth-order valence-corrected chi connectivity index (χ4v) is 2.61. The van der Waals surface area contributed by atoms with Gasteiger partial charge in [0, 0.05) is 23.5 Å². The average Bonchev–Trinajstić information content (AvgIpc) is 2.63. The minimum absolute atomic E-state index is 0.217. The fourth-order valence-electron chi connectivity index (χ4n) is 2.61. The van der Waals surface area contributed by atoms with Crippen LogP contribution in [0.4, 0.5) is 5.82 Å². The van der Waals surface area contributed by atoms with E-state index < -0.39 is 0 Å². The molecular formula is C20H20N4O. The fraction of sp³-hybridized carbons (Fsp3) is 0.200. The first kappa shape index (κ1) is 16.8. The molecule has 0 saturated carbocycles. The van der Waals surface area contributed by atoms with E-state index in [0.29, 0.717) is 11.4 Å². The van der Waals surface area contributed by atoms with Crippen LogP contribution >= 0.6 is 0 Å². The van der Waals surface area contributed by atoms with Crippen LogP contribution in [0, 0.1) is 13.8 Å². The lowest BCUT2D eigenvalue weighted by molar-refractivity contribution is 0.102. The van der Waals surface area contributed by atoms with Crippen LogP contribution in [0.2, 0.25) is 0 Å². The number of anilines is 1. The number of amides is 1. The van der Waals surface area contributed by atoms with Gasteiger partial charge in [-0.3, -0.25) is 14.8 Å². The number of carbonyl (C=O) groups excluding carboxylic acids is 1. The number of pyridine rings is 1. The Morgan fingerprint density at radius 2 is 1.88 bits per heavy atom. The molecule has 2 heterocycles. The molecule has 0 unspecified atom stereocenters. The van der Waals surface area contributed by atoms with E-state index >= 15 is 0 Å². The Labute approximate surface area is 147 Å². The van der Waals surface area contributed by atoms with Crippen molar-refractivity contribution in [3.05, 3.63) is 71.3 Å². The monoisotopic (exact) mass is 332 g/mol. The van der Waals surface area contributed by atoms with Crippen LogP contribution in [0.25, 0.3) is 11.3 Å². The summed E-state index contributed by atoms with van der Waals surface area (Å²) in [6.45, 7) is 6.03. The van der Waals surface area contributed by atoms with Gasteiger partial charge in [-0.1, -0.05) is 19.1 Å². The van der Waals surface area contributed by atoms with Crippen LogP contribution < -0.4 is 5.32 Å². The summed E-state index contributed by atoms with van der Waals surface area (Å²) in [6, 6.07) is 8.04. The van der Waals surface area contributed by atoms with Crippen LogP contribution in [0.5, 0.6) is 0 Å². The second-order valence-electron chi connectivity index (χ2n) is 5.93. The molecule has 5 nitrogen and oxygen atoms in total. The molecule has 0 atom stereocenters. The van der Waals surface area contributed by atoms with Crippen molar-refractivity contribution in [2.24, 2.45) is 0 Å². The average molecular weight is 332 g/mol. The molecule has 0 fully saturated rings. The summed E-state index contributed by atoms with van der Waals surface area (Å²) < 4.78 is 0. The molecule has 0 bridgehead atoms. The minimum atomic E-state index is -0.217. The molecule has 5 heteroatoms. The van der Waals surface area contributed by atoms with Crippen molar-refractivity contribution in [2.75, 3.05) is 5.32 Å². The summed E-state index contributed by atoms with van der Waals surface area (Å²) in [5, 5.41) is 2.77. The van der Waals surface area contributed by atoms with Gasteiger partial charge in [0.2, 0.25) is 0 Å². The van der Waals surface area contributed by atoms with Crippen molar-refractivity contribution in [3.8, 4) is 11.3 Å². The summed E-state index contributed by atoms with van der Waals surface area (Å²) in [4.78, 5) is 25.1. The van der Waals surface area contributed by atoms with E-state index in [4.69, 9.17) is 0 Å². The molecule has 1 amide bonds. The number of benzene rings is 1. The third-order valence-electron chi connectivity index (χ3n) is 4.14. The quantitative estimate of drug-likeness (QED) is 0.785. The van der Waals surface area contributed by atoms with Crippen LogP contribution in [0.3, 0.4) is 0 Å². The predicted molar refractivity (Wildman–Crippen MR) is 98.5 cm³/mol. The summed E-state index contributed by atoms with van der Waals surface area (Å²) in [5.41, 5.74) is 5.66. The number of nitrogens with zero attached hydrogens (tertiary/aromatic N) is 3. The van der Waals surface area contributed by atoms with Gasteiger partial charge in [0.1, 0.15) is 0 Å². The third kappa shape index (κ3) is 3.71. The summed E-state index contributed by atoms with van der Waals surface area (Å²) in [6.07, 6.45) is 7.51. The molecule has 3 aromatic rings. The van der Waals surface area contributed by atoms with Gasteiger partial charge >= 0.3 is 0 Å². The number of nitrogens with one attached hydrogen (secondary N) is 1. The van der Waals surface area contributed by atoms with Crippen molar-refractivity contribution in [1.82, 2.24) is 15.0 Å². The van der Waals surface area contributed by atoms with Crippen molar-refractivity contribution >= 4 is 11.7 Å². The van der Waals surface area contributed by atoms with Gasteiger partial charge in [-0.2, -0.15) is 0 Å². The number of aromatic nitrogens is 3. The molecule has 0 spiro atoms. The SMILES string of the molecule is CCc1ccc(C)c(-c2cnc(NC(=O)c3ccncc3C)cn2)c1. The number of rotatable bonds is 4. The molecule has 0 saturated heterocycles. The normalized spacial score (nSPS) is 10.5. The molecule has 3 rings (SSSR count). The number of hydrogen-bond donors (Lipinski definition) is 1. The number of hydrogen-bond acceptors (Lipinski definition) is 4. The highest BCUT2D eigenvalue weighted by Crippen LogP contribution is 2.23. The Morgan fingerprint density at radius 3 is 2.56 bits per heavy atom. The molecule has 1 aromatic carbocycles. The standard InChI is InChI=1S/C20H20N4O/c1-4-15-6-5-13(2)17(9-15)18-11-23-19(12-22-18)24-20(25)16-7-8-21-10-14(16)3/h5-12H,4H2,1-3H3,(H,23,24,25). The van der Waals surface area contributed by atoms with Crippen molar-refractivity contribution in [3.63, 3.8) is 0 Å². The van der Waals surface area contributed by atoms with Gasteiger partial charge in [-0.15, -0.1) is 0 Å². The lowest BCUT2D eigenvalue weighted by atomic mass is 10.0. The molecule has 25 heavy (non-hydrogen) atoms. The zero-order valence-corrected chi connectivity index (χ0v) is 14.6. The van der Waals surface area contributed by atoms with Crippen LogP contribution in [0.1, 0.15) is 34.0 Å². The van der Waals surface area contributed by atoms with Crippen molar-refractivity contribution in [2.45, 2.75) is 27.2 Å². The van der Waals surface area contributed by atoms with E-state index in [-0.39, 0.29) is 5.91 Å². The van der Waals surface area contributed by atoms with Gasteiger partial charge in [0.15, 0.2) is 5.82 Å².